The number of nitrogens with zero attached hydrogens (tertiary/aromatic N) is 2. The monoisotopic (exact) mass is 333 g/mol. The largest absolute Gasteiger partial charge is 0.383 e. The molecule has 1 heterocycles. The van der Waals surface area contributed by atoms with Gasteiger partial charge < -0.3 is 10.3 Å². The molecule has 0 saturated heterocycles. The molecular formula is C22H27N3. The zero-order valence-corrected chi connectivity index (χ0v) is 15.8. The van der Waals surface area contributed by atoms with Crippen LogP contribution in [0.1, 0.15) is 43.3 Å². The molecule has 0 saturated carbocycles. The van der Waals surface area contributed by atoms with Crippen LogP contribution in [0.2, 0.25) is 0 Å². The van der Waals surface area contributed by atoms with Gasteiger partial charge in [0.05, 0.1) is 6.54 Å². The van der Waals surface area contributed by atoms with Crippen LogP contribution in [0.5, 0.6) is 0 Å². The van der Waals surface area contributed by atoms with E-state index in [-0.39, 0.29) is 5.41 Å². The molecular weight excluding hydrogens is 306 g/mol. The first-order valence-electron chi connectivity index (χ1n) is 8.75. The zero-order valence-electron chi connectivity index (χ0n) is 15.8. The number of nitrogen functional groups attached to an aromatic ring is 1. The van der Waals surface area contributed by atoms with E-state index in [0.717, 1.165) is 29.4 Å². The Morgan fingerprint density at radius 3 is 2.32 bits per heavy atom. The minimum absolute atomic E-state index is 0.0844. The van der Waals surface area contributed by atoms with Crippen molar-refractivity contribution in [1.82, 2.24) is 9.55 Å². The van der Waals surface area contributed by atoms with E-state index < -0.39 is 0 Å². The predicted molar refractivity (Wildman–Crippen MR) is 106 cm³/mol. The van der Waals surface area contributed by atoms with Gasteiger partial charge in [-0.05, 0) is 31.0 Å². The summed E-state index contributed by atoms with van der Waals surface area (Å²) in [5, 5.41) is 0. The minimum atomic E-state index is -0.0844. The molecule has 25 heavy (non-hydrogen) atoms. The zero-order chi connectivity index (χ0) is 18.2. The van der Waals surface area contributed by atoms with Gasteiger partial charge in [-0.2, -0.15) is 0 Å². The lowest BCUT2D eigenvalue weighted by Crippen LogP contribution is -2.20. The van der Waals surface area contributed by atoms with Gasteiger partial charge in [0, 0.05) is 11.0 Å². The molecule has 0 aliphatic rings. The summed E-state index contributed by atoms with van der Waals surface area (Å²) < 4.78 is 2.16. The first-order chi connectivity index (χ1) is 11.8. The molecule has 0 fully saturated rings. The number of hydrogen-bond donors (Lipinski definition) is 1. The van der Waals surface area contributed by atoms with E-state index in [1.807, 2.05) is 6.07 Å². The molecule has 0 spiro atoms. The maximum Gasteiger partial charge on any atom is 0.132 e. The molecule has 3 heteroatoms. The molecule has 0 amide bonds. The van der Waals surface area contributed by atoms with Crippen molar-refractivity contribution in [2.24, 2.45) is 0 Å². The number of nitrogens with two attached hydrogens (primary N) is 1. The maximum absolute atomic E-state index is 6.60. The first-order valence-corrected chi connectivity index (χ1v) is 8.75. The number of imidazole rings is 1. The summed E-state index contributed by atoms with van der Waals surface area (Å²) in [5.74, 6) is 1.76. The fourth-order valence-corrected chi connectivity index (χ4v) is 3.15. The van der Waals surface area contributed by atoms with Gasteiger partial charge in [-0.1, -0.05) is 68.8 Å². The molecule has 2 aromatic carbocycles. The molecule has 3 nitrogen and oxygen atoms in total. The van der Waals surface area contributed by atoms with Crippen LogP contribution in [-0.2, 0) is 12.0 Å². The van der Waals surface area contributed by atoms with E-state index in [2.05, 4.69) is 81.7 Å². The standard InChI is InChI=1S/C22H27N3/c1-15-11-12-16(2)18(13-15)19-20(23)25(21(24-19)22(3,4)5)14-17-9-7-6-8-10-17/h6-13H,14,23H2,1-5H3. The Bertz CT molecular complexity index is 884. The topological polar surface area (TPSA) is 43.8 Å². The number of rotatable bonds is 3. The fourth-order valence-electron chi connectivity index (χ4n) is 3.15. The second-order valence-corrected chi connectivity index (χ2v) is 7.81. The van der Waals surface area contributed by atoms with E-state index in [4.69, 9.17) is 10.7 Å². The summed E-state index contributed by atoms with van der Waals surface area (Å²) in [7, 11) is 0. The second-order valence-electron chi connectivity index (χ2n) is 7.81. The highest BCUT2D eigenvalue weighted by Gasteiger charge is 2.26. The smallest absolute Gasteiger partial charge is 0.132 e. The molecule has 2 N–H and O–H groups in total. The molecule has 0 bridgehead atoms. The van der Waals surface area contributed by atoms with Crippen molar-refractivity contribution in [2.75, 3.05) is 5.73 Å². The SMILES string of the molecule is Cc1ccc(C)c(-c2nc(C(C)(C)C)n(Cc3ccccc3)c2N)c1. The highest BCUT2D eigenvalue weighted by Crippen LogP contribution is 2.34. The van der Waals surface area contributed by atoms with Crippen LogP contribution in [-0.4, -0.2) is 9.55 Å². The molecule has 0 unspecified atom stereocenters. The van der Waals surface area contributed by atoms with Crippen LogP contribution in [0.3, 0.4) is 0 Å². The quantitative estimate of drug-likeness (QED) is 0.725. The Labute approximate surface area is 150 Å². The van der Waals surface area contributed by atoms with Crippen LogP contribution < -0.4 is 5.73 Å². The summed E-state index contributed by atoms with van der Waals surface area (Å²) in [5.41, 5.74) is 12.2. The van der Waals surface area contributed by atoms with Crippen LogP contribution in [0, 0.1) is 13.8 Å². The first kappa shape index (κ1) is 17.3. The van der Waals surface area contributed by atoms with Crippen LogP contribution in [0.25, 0.3) is 11.3 Å². The number of aryl methyl sites for hydroxylation is 2. The second kappa shape index (κ2) is 6.40. The summed E-state index contributed by atoms with van der Waals surface area (Å²) in [6, 6.07) is 16.8. The lowest BCUT2D eigenvalue weighted by atomic mass is 9.95. The van der Waals surface area contributed by atoms with Crippen molar-refractivity contribution in [1.29, 1.82) is 0 Å². The van der Waals surface area contributed by atoms with Crippen LogP contribution in [0.15, 0.2) is 48.5 Å². The number of aromatic nitrogens is 2. The Hall–Kier alpha value is -2.55. The van der Waals surface area contributed by atoms with Crippen molar-refractivity contribution in [3.8, 4) is 11.3 Å². The van der Waals surface area contributed by atoms with Gasteiger partial charge >= 0.3 is 0 Å². The highest BCUT2D eigenvalue weighted by molar-refractivity contribution is 5.74. The fraction of sp³-hybridized carbons (Fsp3) is 0.318. The Morgan fingerprint density at radius 2 is 1.68 bits per heavy atom. The highest BCUT2D eigenvalue weighted by atomic mass is 15.2. The van der Waals surface area contributed by atoms with Crippen molar-refractivity contribution in [3.63, 3.8) is 0 Å². The van der Waals surface area contributed by atoms with Gasteiger partial charge in [-0.25, -0.2) is 4.98 Å². The summed E-state index contributed by atoms with van der Waals surface area (Å²) >= 11 is 0. The van der Waals surface area contributed by atoms with E-state index >= 15 is 0 Å². The maximum atomic E-state index is 6.60. The van der Waals surface area contributed by atoms with Crippen LogP contribution in [0.4, 0.5) is 5.82 Å². The average Bonchev–Trinajstić information content (AvgIpc) is 2.88. The van der Waals surface area contributed by atoms with Gasteiger partial charge in [0.15, 0.2) is 0 Å². The molecule has 0 radical (unpaired) electrons. The predicted octanol–water partition coefficient (Wildman–Crippen LogP) is 5.09. The molecule has 1 aromatic heterocycles. The van der Waals surface area contributed by atoms with E-state index in [1.54, 1.807) is 0 Å². The molecule has 0 atom stereocenters. The Balaban J connectivity index is 2.17. The summed E-state index contributed by atoms with van der Waals surface area (Å²) in [4.78, 5) is 4.99. The number of hydrogen-bond acceptors (Lipinski definition) is 2. The lowest BCUT2D eigenvalue weighted by Gasteiger charge is -2.20. The van der Waals surface area contributed by atoms with Crippen molar-refractivity contribution in [2.45, 2.75) is 46.6 Å². The summed E-state index contributed by atoms with van der Waals surface area (Å²) in [6.45, 7) is 11.5. The molecule has 3 aromatic rings. The number of anilines is 1. The minimum Gasteiger partial charge on any atom is -0.383 e. The van der Waals surface area contributed by atoms with Gasteiger partial charge in [0.25, 0.3) is 0 Å². The van der Waals surface area contributed by atoms with Gasteiger partial charge in [0.1, 0.15) is 17.3 Å². The third kappa shape index (κ3) is 3.46. The van der Waals surface area contributed by atoms with Crippen molar-refractivity contribution < 1.29 is 0 Å². The van der Waals surface area contributed by atoms with Crippen molar-refractivity contribution >= 4 is 5.82 Å². The third-order valence-corrected chi connectivity index (χ3v) is 4.51. The Kier molecular flexibility index (Phi) is 4.42. The van der Waals surface area contributed by atoms with Crippen molar-refractivity contribution in [3.05, 3.63) is 71.0 Å². The third-order valence-electron chi connectivity index (χ3n) is 4.51. The van der Waals surface area contributed by atoms with E-state index in [9.17, 15) is 0 Å². The van der Waals surface area contributed by atoms with Crippen LogP contribution >= 0.6 is 0 Å². The van der Waals surface area contributed by atoms with E-state index in [1.165, 1.54) is 16.7 Å². The molecule has 0 aliphatic carbocycles. The molecule has 0 aliphatic heterocycles. The van der Waals surface area contributed by atoms with Gasteiger partial charge in [-0.3, -0.25) is 0 Å². The van der Waals surface area contributed by atoms with E-state index in [0.29, 0.717) is 0 Å². The van der Waals surface area contributed by atoms with Gasteiger partial charge in [-0.15, -0.1) is 0 Å². The number of benzene rings is 2. The average molecular weight is 333 g/mol. The normalized spacial score (nSPS) is 11.7. The summed E-state index contributed by atoms with van der Waals surface area (Å²) in [6.07, 6.45) is 0. The molecule has 130 valence electrons. The Morgan fingerprint density at radius 1 is 1.00 bits per heavy atom. The van der Waals surface area contributed by atoms with Gasteiger partial charge in [0.2, 0.25) is 0 Å². The lowest BCUT2D eigenvalue weighted by molar-refractivity contribution is 0.513. The molecule has 3 rings (SSSR count).